The molecule has 3 heterocycles. The standard InChI is InChI=1S/C19H21F3N6O2/c1-3-18(2,17(30)25-10-19(20,21)22)27-14-6-8-23-15(26-14)13-9-28(11-29)16-12(13)5-4-7-24-16/h4-9,29H,3,10-11H2,1-2H3,(H,25,30)(H,23,26,27)/t18-/m0/s1. The van der Waals surface area contributed by atoms with E-state index in [9.17, 15) is 23.1 Å². The highest BCUT2D eigenvalue weighted by molar-refractivity contribution is 5.92. The molecule has 30 heavy (non-hydrogen) atoms. The van der Waals surface area contributed by atoms with Gasteiger partial charge in [-0.2, -0.15) is 13.2 Å². The van der Waals surface area contributed by atoms with Crippen molar-refractivity contribution in [3.8, 4) is 11.4 Å². The molecular formula is C19H21F3N6O2. The predicted octanol–water partition coefficient (Wildman–Crippen LogP) is 2.70. The molecule has 0 fully saturated rings. The average Bonchev–Trinajstić information content (AvgIpc) is 3.10. The summed E-state index contributed by atoms with van der Waals surface area (Å²) in [6, 6.07) is 5.08. The Morgan fingerprint density at radius 2 is 2.00 bits per heavy atom. The molecule has 0 aromatic carbocycles. The molecule has 160 valence electrons. The Morgan fingerprint density at radius 1 is 1.23 bits per heavy atom. The molecule has 0 aliphatic carbocycles. The monoisotopic (exact) mass is 422 g/mol. The van der Waals surface area contributed by atoms with Crippen molar-refractivity contribution in [2.45, 2.75) is 38.7 Å². The number of aliphatic hydroxyl groups is 1. The maximum atomic E-state index is 12.5. The number of nitrogens with one attached hydrogen (secondary N) is 2. The number of carbonyl (C=O) groups is 1. The largest absolute Gasteiger partial charge is 0.405 e. The second-order valence-electron chi connectivity index (χ2n) is 6.90. The van der Waals surface area contributed by atoms with Gasteiger partial charge in [-0.15, -0.1) is 0 Å². The van der Waals surface area contributed by atoms with Crippen molar-refractivity contribution in [2.24, 2.45) is 0 Å². The highest BCUT2D eigenvalue weighted by atomic mass is 19.4. The van der Waals surface area contributed by atoms with Crippen molar-refractivity contribution in [2.75, 3.05) is 11.9 Å². The fourth-order valence-corrected chi connectivity index (χ4v) is 2.93. The average molecular weight is 422 g/mol. The summed E-state index contributed by atoms with van der Waals surface area (Å²) in [5, 5.41) is 15.1. The summed E-state index contributed by atoms with van der Waals surface area (Å²) in [6.07, 6.45) is 0.465. The second kappa shape index (κ2) is 8.27. The van der Waals surface area contributed by atoms with Gasteiger partial charge in [0.2, 0.25) is 5.91 Å². The van der Waals surface area contributed by atoms with Crippen LogP contribution in [0.15, 0.2) is 36.8 Å². The van der Waals surface area contributed by atoms with Gasteiger partial charge >= 0.3 is 6.18 Å². The number of anilines is 1. The Morgan fingerprint density at radius 3 is 2.67 bits per heavy atom. The van der Waals surface area contributed by atoms with Gasteiger partial charge in [-0.05, 0) is 31.5 Å². The third-order valence-corrected chi connectivity index (χ3v) is 4.74. The topological polar surface area (TPSA) is 105 Å². The van der Waals surface area contributed by atoms with Gasteiger partial charge in [0.15, 0.2) is 5.82 Å². The Balaban J connectivity index is 1.89. The fraction of sp³-hybridized carbons (Fsp3) is 0.368. The van der Waals surface area contributed by atoms with Gasteiger partial charge in [-0.3, -0.25) is 4.79 Å². The van der Waals surface area contributed by atoms with E-state index in [0.29, 0.717) is 17.0 Å². The van der Waals surface area contributed by atoms with Crippen molar-refractivity contribution in [3.63, 3.8) is 0 Å². The Kier molecular flexibility index (Phi) is 5.92. The van der Waals surface area contributed by atoms with Gasteiger partial charge in [-0.1, -0.05) is 6.92 Å². The number of alkyl halides is 3. The van der Waals surface area contributed by atoms with Crippen molar-refractivity contribution in [1.29, 1.82) is 0 Å². The number of amides is 1. The smallest absolute Gasteiger partial charge is 0.376 e. The first kappa shape index (κ1) is 21.5. The summed E-state index contributed by atoms with van der Waals surface area (Å²) >= 11 is 0. The molecule has 0 saturated carbocycles. The lowest BCUT2D eigenvalue weighted by Gasteiger charge is -2.29. The number of halogens is 3. The van der Waals surface area contributed by atoms with E-state index < -0.39 is 24.2 Å². The Hall–Kier alpha value is -3.21. The zero-order chi connectivity index (χ0) is 21.9. The minimum atomic E-state index is -4.50. The number of rotatable bonds is 7. The van der Waals surface area contributed by atoms with Crippen LogP contribution in [-0.4, -0.2) is 48.8 Å². The van der Waals surface area contributed by atoms with Crippen molar-refractivity contribution in [3.05, 3.63) is 36.8 Å². The van der Waals surface area contributed by atoms with Crippen LogP contribution >= 0.6 is 0 Å². The molecule has 0 bridgehead atoms. The van der Waals surface area contributed by atoms with E-state index in [4.69, 9.17) is 0 Å². The van der Waals surface area contributed by atoms with E-state index in [1.54, 1.807) is 25.4 Å². The van der Waals surface area contributed by atoms with Crippen LogP contribution in [0.2, 0.25) is 0 Å². The second-order valence-corrected chi connectivity index (χ2v) is 6.90. The van der Waals surface area contributed by atoms with E-state index in [1.165, 1.54) is 23.8 Å². The lowest BCUT2D eigenvalue weighted by atomic mass is 9.97. The minimum absolute atomic E-state index is 0.226. The van der Waals surface area contributed by atoms with Crippen LogP contribution in [0.1, 0.15) is 20.3 Å². The summed E-state index contributed by atoms with van der Waals surface area (Å²) in [6.45, 7) is 1.50. The summed E-state index contributed by atoms with van der Waals surface area (Å²) in [5.74, 6) is -0.191. The van der Waals surface area contributed by atoms with Gasteiger partial charge in [0, 0.05) is 29.5 Å². The van der Waals surface area contributed by atoms with Gasteiger partial charge in [0.1, 0.15) is 30.3 Å². The van der Waals surface area contributed by atoms with Gasteiger partial charge < -0.3 is 20.3 Å². The Labute approximate surface area is 170 Å². The van der Waals surface area contributed by atoms with Gasteiger partial charge in [-0.25, -0.2) is 15.0 Å². The molecule has 1 atom stereocenters. The normalized spacial score (nSPS) is 13.8. The molecular weight excluding hydrogens is 401 g/mol. The molecule has 0 spiro atoms. The first-order valence-electron chi connectivity index (χ1n) is 9.18. The number of aliphatic hydroxyl groups excluding tert-OH is 1. The molecule has 3 rings (SSSR count). The van der Waals surface area contributed by atoms with Crippen LogP contribution in [0.3, 0.4) is 0 Å². The fourth-order valence-electron chi connectivity index (χ4n) is 2.93. The number of pyridine rings is 1. The van der Waals surface area contributed by atoms with Crippen LogP contribution in [0.4, 0.5) is 19.0 Å². The molecule has 3 aromatic heterocycles. The maximum absolute atomic E-state index is 12.5. The number of fused-ring (bicyclic) bond motifs is 1. The van der Waals surface area contributed by atoms with Gasteiger partial charge in [0.25, 0.3) is 0 Å². The van der Waals surface area contributed by atoms with Crippen LogP contribution in [0.5, 0.6) is 0 Å². The predicted molar refractivity (Wildman–Crippen MR) is 104 cm³/mol. The lowest BCUT2D eigenvalue weighted by molar-refractivity contribution is -0.140. The van der Waals surface area contributed by atoms with E-state index in [1.807, 2.05) is 11.4 Å². The summed E-state index contributed by atoms with van der Waals surface area (Å²) in [7, 11) is 0. The highest BCUT2D eigenvalue weighted by Gasteiger charge is 2.35. The van der Waals surface area contributed by atoms with Crippen molar-refractivity contribution < 1.29 is 23.1 Å². The quantitative estimate of drug-likeness (QED) is 0.541. The van der Waals surface area contributed by atoms with E-state index in [0.717, 1.165) is 5.39 Å². The van der Waals surface area contributed by atoms with Crippen LogP contribution in [-0.2, 0) is 11.5 Å². The maximum Gasteiger partial charge on any atom is 0.405 e. The molecule has 8 nitrogen and oxygen atoms in total. The SMILES string of the molecule is CC[C@](C)(Nc1ccnc(-c2cn(CO)c3ncccc23)n1)C(=O)NCC(F)(F)F. The summed E-state index contributed by atoms with van der Waals surface area (Å²) in [5.41, 5.74) is -0.130. The lowest BCUT2D eigenvalue weighted by Crippen LogP contribution is -2.52. The molecule has 1 amide bonds. The number of hydrogen-bond donors (Lipinski definition) is 3. The van der Waals surface area contributed by atoms with E-state index >= 15 is 0 Å². The van der Waals surface area contributed by atoms with Gasteiger partial charge in [0.05, 0.1) is 0 Å². The zero-order valence-electron chi connectivity index (χ0n) is 16.4. The van der Waals surface area contributed by atoms with E-state index in [-0.39, 0.29) is 19.0 Å². The van der Waals surface area contributed by atoms with E-state index in [2.05, 4.69) is 20.3 Å². The first-order chi connectivity index (χ1) is 14.2. The molecule has 3 aromatic rings. The molecule has 11 heteroatoms. The highest BCUT2D eigenvalue weighted by Crippen LogP contribution is 2.28. The minimum Gasteiger partial charge on any atom is -0.376 e. The number of carbonyl (C=O) groups excluding carboxylic acids is 1. The summed E-state index contributed by atoms with van der Waals surface area (Å²) in [4.78, 5) is 25.3. The third kappa shape index (κ3) is 4.51. The molecule has 0 unspecified atom stereocenters. The summed E-state index contributed by atoms with van der Waals surface area (Å²) < 4.78 is 38.9. The third-order valence-electron chi connectivity index (χ3n) is 4.74. The van der Waals surface area contributed by atoms with Crippen molar-refractivity contribution in [1.82, 2.24) is 24.8 Å². The van der Waals surface area contributed by atoms with Crippen LogP contribution in [0, 0.1) is 0 Å². The Bertz CT molecular complexity index is 1050. The molecule has 0 aliphatic heterocycles. The van der Waals surface area contributed by atoms with Crippen LogP contribution < -0.4 is 10.6 Å². The molecule has 0 saturated heterocycles. The molecule has 0 aliphatic rings. The number of hydrogen-bond acceptors (Lipinski definition) is 6. The van der Waals surface area contributed by atoms with Crippen LogP contribution in [0.25, 0.3) is 22.4 Å². The number of nitrogens with zero attached hydrogens (tertiary/aromatic N) is 4. The molecule has 0 radical (unpaired) electrons. The zero-order valence-corrected chi connectivity index (χ0v) is 16.4. The molecule has 3 N–H and O–H groups in total. The first-order valence-corrected chi connectivity index (χ1v) is 9.18. The number of aromatic nitrogens is 4. The van der Waals surface area contributed by atoms with Crippen molar-refractivity contribution >= 4 is 22.8 Å².